The first kappa shape index (κ1) is 13.7. The second kappa shape index (κ2) is 7.05. The summed E-state index contributed by atoms with van der Waals surface area (Å²) in [6.07, 6.45) is 4.67. The van der Waals surface area contributed by atoms with E-state index < -0.39 is 0 Å². The van der Waals surface area contributed by atoms with E-state index in [0.29, 0.717) is 24.4 Å². The normalized spacial score (nSPS) is 10.5. The molecule has 0 bridgehead atoms. The summed E-state index contributed by atoms with van der Waals surface area (Å²) in [5, 5.41) is 0. The molecule has 17 heavy (non-hydrogen) atoms. The van der Waals surface area contributed by atoms with Crippen LogP contribution in [-0.2, 0) is 0 Å². The number of rotatable bonds is 8. The van der Waals surface area contributed by atoms with Gasteiger partial charge in [-0.15, -0.1) is 0 Å². The monoisotopic (exact) mass is 236 g/mol. The van der Waals surface area contributed by atoms with E-state index >= 15 is 0 Å². The Bertz CT molecular complexity index is 342. The molecule has 1 rings (SSSR count). The zero-order valence-electron chi connectivity index (χ0n) is 10.6. The Hall–Kier alpha value is -1.38. The number of furan rings is 1. The van der Waals surface area contributed by atoms with Crippen LogP contribution in [0.3, 0.4) is 0 Å². The van der Waals surface area contributed by atoms with E-state index in [9.17, 15) is 9.59 Å². The summed E-state index contributed by atoms with van der Waals surface area (Å²) < 4.78 is 5.30. The highest BCUT2D eigenvalue weighted by atomic mass is 16.4. The quantitative estimate of drug-likeness (QED) is 0.640. The predicted octanol–water partition coefficient (Wildman–Crippen LogP) is 4.03. The molecule has 0 N–H and O–H groups in total. The number of hydrogen-bond acceptors (Lipinski definition) is 3. The fourth-order valence-corrected chi connectivity index (χ4v) is 1.56. The molecule has 0 aliphatic rings. The van der Waals surface area contributed by atoms with Gasteiger partial charge in [-0.1, -0.05) is 26.7 Å². The van der Waals surface area contributed by atoms with E-state index in [1.54, 1.807) is 12.1 Å². The molecule has 0 aliphatic heterocycles. The molecule has 0 amide bonds. The van der Waals surface area contributed by atoms with Crippen molar-refractivity contribution < 1.29 is 14.0 Å². The Kier molecular flexibility index (Phi) is 5.67. The zero-order chi connectivity index (χ0) is 12.7. The molecule has 0 fully saturated rings. The van der Waals surface area contributed by atoms with Crippen molar-refractivity contribution in [3.05, 3.63) is 23.7 Å². The van der Waals surface area contributed by atoms with Crippen LogP contribution in [0.25, 0.3) is 0 Å². The SMILES string of the molecule is CCCCC(=O)c1ccc(C(=O)CCCC)o1. The lowest BCUT2D eigenvalue weighted by Crippen LogP contribution is -1.98. The highest BCUT2D eigenvalue weighted by molar-refractivity contribution is 5.97. The smallest absolute Gasteiger partial charge is 0.198 e. The second-order valence-electron chi connectivity index (χ2n) is 4.22. The maximum atomic E-state index is 11.6. The summed E-state index contributed by atoms with van der Waals surface area (Å²) in [5.41, 5.74) is 0. The summed E-state index contributed by atoms with van der Waals surface area (Å²) >= 11 is 0. The van der Waals surface area contributed by atoms with Gasteiger partial charge in [0.2, 0.25) is 0 Å². The Morgan fingerprint density at radius 3 is 1.71 bits per heavy atom. The lowest BCUT2D eigenvalue weighted by molar-refractivity contribution is 0.0928. The molecule has 0 saturated carbocycles. The second-order valence-corrected chi connectivity index (χ2v) is 4.22. The van der Waals surface area contributed by atoms with Crippen molar-refractivity contribution in [2.24, 2.45) is 0 Å². The Labute approximate surface area is 102 Å². The molecule has 0 saturated heterocycles. The van der Waals surface area contributed by atoms with Crippen molar-refractivity contribution >= 4 is 11.6 Å². The standard InChI is InChI=1S/C14H20O3/c1-3-5-7-11(15)13-9-10-14(17-13)12(16)8-6-4-2/h9-10H,3-8H2,1-2H3. The van der Waals surface area contributed by atoms with Gasteiger partial charge in [-0.3, -0.25) is 9.59 Å². The molecule has 94 valence electrons. The Morgan fingerprint density at radius 2 is 1.35 bits per heavy atom. The molecule has 0 aliphatic carbocycles. The summed E-state index contributed by atoms with van der Waals surface area (Å²) in [6.45, 7) is 4.07. The van der Waals surface area contributed by atoms with Gasteiger partial charge < -0.3 is 4.42 Å². The predicted molar refractivity (Wildman–Crippen MR) is 66.4 cm³/mol. The maximum Gasteiger partial charge on any atom is 0.198 e. The van der Waals surface area contributed by atoms with Gasteiger partial charge in [0.25, 0.3) is 0 Å². The number of carbonyl (C=O) groups is 2. The van der Waals surface area contributed by atoms with Gasteiger partial charge in [0, 0.05) is 12.8 Å². The topological polar surface area (TPSA) is 47.3 Å². The molecule has 3 heteroatoms. The lowest BCUT2D eigenvalue weighted by Gasteiger charge is -1.96. The first-order chi connectivity index (χ1) is 8.19. The van der Waals surface area contributed by atoms with Crippen LogP contribution >= 0.6 is 0 Å². The van der Waals surface area contributed by atoms with E-state index in [-0.39, 0.29) is 11.6 Å². The fourth-order valence-electron chi connectivity index (χ4n) is 1.56. The number of Topliss-reactive ketones (excluding diaryl/α,β-unsaturated/α-hetero) is 2. The van der Waals surface area contributed by atoms with Gasteiger partial charge in [-0.25, -0.2) is 0 Å². The van der Waals surface area contributed by atoms with Gasteiger partial charge in [0.1, 0.15) is 0 Å². The summed E-state index contributed by atoms with van der Waals surface area (Å²) in [7, 11) is 0. The molecular weight excluding hydrogens is 216 g/mol. The third-order valence-electron chi connectivity index (χ3n) is 2.67. The van der Waals surface area contributed by atoms with Crippen molar-refractivity contribution in [3.8, 4) is 0 Å². The van der Waals surface area contributed by atoms with Crippen molar-refractivity contribution in [1.29, 1.82) is 0 Å². The van der Waals surface area contributed by atoms with Gasteiger partial charge in [-0.2, -0.15) is 0 Å². The van der Waals surface area contributed by atoms with Crippen LogP contribution in [0.2, 0.25) is 0 Å². The van der Waals surface area contributed by atoms with E-state index in [4.69, 9.17) is 4.42 Å². The van der Waals surface area contributed by atoms with Crippen LogP contribution in [-0.4, -0.2) is 11.6 Å². The molecule has 0 spiro atoms. The molecule has 0 radical (unpaired) electrons. The maximum absolute atomic E-state index is 11.6. The Morgan fingerprint density at radius 1 is 0.941 bits per heavy atom. The fraction of sp³-hybridized carbons (Fsp3) is 0.571. The third kappa shape index (κ3) is 4.17. The van der Waals surface area contributed by atoms with Crippen LogP contribution in [0.4, 0.5) is 0 Å². The first-order valence-electron chi connectivity index (χ1n) is 6.35. The van der Waals surface area contributed by atoms with Crippen LogP contribution in [0.15, 0.2) is 16.5 Å². The van der Waals surface area contributed by atoms with Gasteiger partial charge in [0.15, 0.2) is 23.1 Å². The first-order valence-corrected chi connectivity index (χ1v) is 6.35. The van der Waals surface area contributed by atoms with Crippen molar-refractivity contribution in [3.63, 3.8) is 0 Å². The van der Waals surface area contributed by atoms with Crippen LogP contribution in [0.1, 0.15) is 73.5 Å². The number of carbonyl (C=O) groups excluding carboxylic acids is 2. The zero-order valence-corrected chi connectivity index (χ0v) is 10.6. The van der Waals surface area contributed by atoms with E-state index in [0.717, 1.165) is 25.7 Å². The van der Waals surface area contributed by atoms with Crippen LogP contribution < -0.4 is 0 Å². The van der Waals surface area contributed by atoms with Crippen LogP contribution in [0, 0.1) is 0 Å². The van der Waals surface area contributed by atoms with Crippen molar-refractivity contribution in [2.45, 2.75) is 52.4 Å². The molecule has 1 heterocycles. The van der Waals surface area contributed by atoms with E-state index in [1.807, 2.05) is 13.8 Å². The number of ketones is 2. The van der Waals surface area contributed by atoms with E-state index in [1.165, 1.54) is 0 Å². The van der Waals surface area contributed by atoms with Gasteiger partial charge >= 0.3 is 0 Å². The molecule has 1 aromatic heterocycles. The molecule has 0 aromatic carbocycles. The van der Waals surface area contributed by atoms with Crippen LogP contribution in [0.5, 0.6) is 0 Å². The molecule has 0 unspecified atom stereocenters. The minimum absolute atomic E-state index is 0.0126. The molecule has 1 aromatic rings. The molecular formula is C14H20O3. The van der Waals surface area contributed by atoms with Gasteiger partial charge in [0.05, 0.1) is 0 Å². The summed E-state index contributed by atoms with van der Waals surface area (Å²) in [5.74, 6) is 0.611. The highest BCUT2D eigenvalue weighted by Gasteiger charge is 2.14. The summed E-state index contributed by atoms with van der Waals surface area (Å²) in [6, 6.07) is 3.22. The minimum Gasteiger partial charge on any atom is -0.450 e. The average molecular weight is 236 g/mol. The average Bonchev–Trinajstić information content (AvgIpc) is 2.82. The van der Waals surface area contributed by atoms with Crippen molar-refractivity contribution in [1.82, 2.24) is 0 Å². The lowest BCUT2D eigenvalue weighted by atomic mass is 10.1. The Balaban J connectivity index is 2.58. The van der Waals surface area contributed by atoms with Gasteiger partial charge in [-0.05, 0) is 25.0 Å². The van der Waals surface area contributed by atoms with E-state index in [2.05, 4.69) is 0 Å². The minimum atomic E-state index is -0.0126. The number of hydrogen-bond donors (Lipinski definition) is 0. The van der Waals surface area contributed by atoms with Crippen molar-refractivity contribution in [2.75, 3.05) is 0 Å². The third-order valence-corrected chi connectivity index (χ3v) is 2.67. The largest absolute Gasteiger partial charge is 0.450 e. The highest BCUT2D eigenvalue weighted by Crippen LogP contribution is 2.14. The summed E-state index contributed by atoms with van der Waals surface area (Å²) in [4.78, 5) is 23.3. The molecule has 3 nitrogen and oxygen atoms in total. The molecule has 0 atom stereocenters. The number of unbranched alkanes of at least 4 members (excludes halogenated alkanes) is 2.